The predicted octanol–water partition coefficient (Wildman–Crippen LogP) is 1.54. The first-order chi connectivity index (χ1) is 7.69. The van der Waals surface area contributed by atoms with Crippen molar-refractivity contribution in [2.45, 2.75) is 6.54 Å². The normalized spacial score (nSPS) is 10.0. The highest BCUT2D eigenvalue weighted by molar-refractivity contribution is 9.10. The number of aromatic nitrogens is 3. The molecular formula is C10H8BrN5. The minimum absolute atomic E-state index is 0.171. The van der Waals surface area contributed by atoms with Crippen LogP contribution in [-0.2, 0) is 6.54 Å². The Morgan fingerprint density at radius 3 is 2.94 bits per heavy atom. The average molecular weight is 278 g/mol. The molecule has 0 aliphatic heterocycles. The number of nitrogen functional groups attached to an aromatic ring is 1. The van der Waals surface area contributed by atoms with Crippen LogP contribution in [0, 0.1) is 11.3 Å². The van der Waals surface area contributed by atoms with E-state index in [1.54, 1.807) is 4.68 Å². The lowest BCUT2D eigenvalue weighted by Gasteiger charge is -2.03. The number of rotatable bonds is 2. The third-order valence-corrected chi connectivity index (χ3v) is 2.76. The van der Waals surface area contributed by atoms with E-state index in [-0.39, 0.29) is 5.82 Å². The van der Waals surface area contributed by atoms with Gasteiger partial charge in [-0.25, -0.2) is 9.67 Å². The number of nitrogens with two attached hydrogens (primary N) is 1. The monoisotopic (exact) mass is 277 g/mol. The molecule has 80 valence electrons. The molecule has 1 aromatic heterocycles. The quantitative estimate of drug-likeness (QED) is 0.845. The van der Waals surface area contributed by atoms with Crippen molar-refractivity contribution in [1.82, 2.24) is 14.8 Å². The van der Waals surface area contributed by atoms with E-state index < -0.39 is 0 Å². The summed E-state index contributed by atoms with van der Waals surface area (Å²) in [6.07, 6.45) is 1.52. The maximum atomic E-state index is 8.58. The van der Waals surface area contributed by atoms with Gasteiger partial charge in [-0.05, 0) is 33.6 Å². The Hall–Kier alpha value is -1.87. The van der Waals surface area contributed by atoms with Crippen molar-refractivity contribution in [2.24, 2.45) is 0 Å². The summed E-state index contributed by atoms with van der Waals surface area (Å²) in [5.41, 5.74) is 7.45. The molecule has 16 heavy (non-hydrogen) atoms. The van der Waals surface area contributed by atoms with E-state index in [1.165, 1.54) is 6.33 Å². The summed E-state index contributed by atoms with van der Waals surface area (Å²) in [4.78, 5) is 3.82. The van der Waals surface area contributed by atoms with Gasteiger partial charge in [0.2, 0.25) is 0 Å². The molecule has 0 aliphatic rings. The molecule has 2 aromatic rings. The van der Waals surface area contributed by atoms with E-state index in [9.17, 15) is 0 Å². The molecule has 0 radical (unpaired) electrons. The number of anilines is 1. The second-order valence-corrected chi connectivity index (χ2v) is 4.09. The maximum Gasteiger partial charge on any atom is 0.252 e. The van der Waals surface area contributed by atoms with Crippen LogP contribution in [-0.4, -0.2) is 14.8 Å². The van der Waals surface area contributed by atoms with Crippen LogP contribution in [0.25, 0.3) is 0 Å². The Balaban J connectivity index is 2.21. The van der Waals surface area contributed by atoms with Crippen molar-refractivity contribution < 1.29 is 0 Å². The number of hydrogen-bond acceptors (Lipinski definition) is 4. The van der Waals surface area contributed by atoms with Crippen LogP contribution in [0.4, 0.5) is 5.69 Å². The molecule has 0 aliphatic carbocycles. The lowest BCUT2D eigenvalue weighted by Crippen LogP contribution is -2.01. The Morgan fingerprint density at radius 2 is 2.31 bits per heavy atom. The predicted molar refractivity (Wildman–Crippen MR) is 62.4 cm³/mol. The lowest BCUT2D eigenvalue weighted by molar-refractivity contribution is 0.682. The largest absolute Gasteiger partial charge is 0.398 e. The first-order valence-corrected chi connectivity index (χ1v) is 5.32. The summed E-state index contributed by atoms with van der Waals surface area (Å²) >= 11 is 3.33. The summed E-state index contributed by atoms with van der Waals surface area (Å²) in [6, 6.07) is 7.56. The Morgan fingerprint density at radius 1 is 1.50 bits per heavy atom. The molecule has 0 amide bonds. The summed E-state index contributed by atoms with van der Waals surface area (Å²) in [5, 5.41) is 12.6. The van der Waals surface area contributed by atoms with Crippen LogP contribution in [0.2, 0.25) is 0 Å². The molecule has 0 atom stereocenters. The van der Waals surface area contributed by atoms with Crippen molar-refractivity contribution in [1.29, 1.82) is 5.26 Å². The molecule has 1 aromatic carbocycles. The zero-order valence-corrected chi connectivity index (χ0v) is 9.85. The molecule has 2 rings (SSSR count). The first-order valence-electron chi connectivity index (χ1n) is 4.52. The second-order valence-electron chi connectivity index (χ2n) is 3.23. The van der Waals surface area contributed by atoms with Gasteiger partial charge < -0.3 is 5.73 Å². The van der Waals surface area contributed by atoms with Crippen LogP contribution in [0.15, 0.2) is 29.0 Å². The molecule has 5 nitrogen and oxygen atoms in total. The van der Waals surface area contributed by atoms with E-state index in [0.717, 1.165) is 10.0 Å². The molecule has 0 bridgehead atoms. The number of hydrogen-bond donors (Lipinski definition) is 1. The molecule has 0 saturated heterocycles. The fourth-order valence-corrected chi connectivity index (χ4v) is 1.55. The standard InChI is InChI=1S/C10H8BrN5/c11-8-2-1-7(3-9(8)13)5-16-6-14-10(4-12)15-16/h1-3,6H,5,13H2. The van der Waals surface area contributed by atoms with E-state index in [4.69, 9.17) is 11.0 Å². The fourth-order valence-electron chi connectivity index (χ4n) is 1.30. The molecule has 0 saturated carbocycles. The minimum Gasteiger partial charge on any atom is -0.398 e. The molecule has 6 heteroatoms. The van der Waals surface area contributed by atoms with Gasteiger partial charge in [-0.3, -0.25) is 0 Å². The molecule has 2 N–H and O–H groups in total. The van der Waals surface area contributed by atoms with E-state index in [0.29, 0.717) is 12.2 Å². The van der Waals surface area contributed by atoms with Crippen molar-refractivity contribution in [3.05, 3.63) is 40.4 Å². The lowest BCUT2D eigenvalue weighted by atomic mass is 10.2. The van der Waals surface area contributed by atoms with Gasteiger partial charge >= 0.3 is 0 Å². The summed E-state index contributed by atoms with van der Waals surface area (Å²) in [7, 11) is 0. The van der Waals surface area contributed by atoms with E-state index >= 15 is 0 Å². The summed E-state index contributed by atoms with van der Waals surface area (Å²) in [5.74, 6) is 0.171. The van der Waals surface area contributed by atoms with Gasteiger partial charge in [0.15, 0.2) is 0 Å². The Labute approximate surface area is 101 Å². The van der Waals surface area contributed by atoms with Crippen molar-refractivity contribution in [3.8, 4) is 6.07 Å². The van der Waals surface area contributed by atoms with Crippen LogP contribution in [0.3, 0.4) is 0 Å². The zero-order valence-electron chi connectivity index (χ0n) is 8.26. The van der Waals surface area contributed by atoms with Gasteiger partial charge in [-0.15, -0.1) is 5.10 Å². The third kappa shape index (κ3) is 2.20. The zero-order chi connectivity index (χ0) is 11.5. The number of benzene rings is 1. The van der Waals surface area contributed by atoms with Crippen LogP contribution in [0.5, 0.6) is 0 Å². The minimum atomic E-state index is 0.171. The highest BCUT2D eigenvalue weighted by Crippen LogP contribution is 2.20. The summed E-state index contributed by atoms with van der Waals surface area (Å²) < 4.78 is 2.47. The van der Waals surface area contributed by atoms with Crippen molar-refractivity contribution in [3.63, 3.8) is 0 Å². The maximum absolute atomic E-state index is 8.58. The molecular weight excluding hydrogens is 270 g/mol. The van der Waals surface area contributed by atoms with E-state index in [1.807, 2.05) is 24.3 Å². The van der Waals surface area contributed by atoms with Crippen molar-refractivity contribution in [2.75, 3.05) is 5.73 Å². The second kappa shape index (κ2) is 4.33. The number of nitriles is 1. The molecule has 0 unspecified atom stereocenters. The fraction of sp³-hybridized carbons (Fsp3) is 0.100. The Kier molecular flexibility index (Phi) is 2.88. The van der Waals surface area contributed by atoms with Gasteiger partial charge in [0, 0.05) is 10.2 Å². The van der Waals surface area contributed by atoms with Gasteiger partial charge in [0.1, 0.15) is 12.4 Å². The molecule has 1 heterocycles. The van der Waals surface area contributed by atoms with Crippen molar-refractivity contribution >= 4 is 21.6 Å². The average Bonchev–Trinajstić information content (AvgIpc) is 2.71. The first kappa shape index (κ1) is 10.6. The van der Waals surface area contributed by atoms with Crippen LogP contribution < -0.4 is 5.73 Å². The van der Waals surface area contributed by atoms with E-state index in [2.05, 4.69) is 26.0 Å². The van der Waals surface area contributed by atoms with Gasteiger partial charge in [0.25, 0.3) is 5.82 Å². The van der Waals surface area contributed by atoms with Gasteiger partial charge in [-0.1, -0.05) is 6.07 Å². The SMILES string of the molecule is N#Cc1ncn(Cc2ccc(Br)c(N)c2)n1. The summed E-state index contributed by atoms with van der Waals surface area (Å²) in [6.45, 7) is 0.548. The smallest absolute Gasteiger partial charge is 0.252 e. The highest BCUT2D eigenvalue weighted by Gasteiger charge is 2.02. The topological polar surface area (TPSA) is 80.5 Å². The Bertz CT molecular complexity index is 555. The highest BCUT2D eigenvalue weighted by atomic mass is 79.9. The molecule has 0 fully saturated rings. The van der Waals surface area contributed by atoms with Gasteiger partial charge in [0.05, 0.1) is 6.54 Å². The van der Waals surface area contributed by atoms with Gasteiger partial charge in [-0.2, -0.15) is 5.26 Å². The molecule has 0 spiro atoms. The third-order valence-electron chi connectivity index (χ3n) is 2.04. The van der Waals surface area contributed by atoms with Crippen LogP contribution >= 0.6 is 15.9 Å². The number of nitrogens with zero attached hydrogens (tertiary/aromatic N) is 4. The van der Waals surface area contributed by atoms with Crippen LogP contribution in [0.1, 0.15) is 11.4 Å². The number of halogens is 1.